The van der Waals surface area contributed by atoms with Gasteiger partial charge in [0.25, 0.3) is 0 Å². The van der Waals surface area contributed by atoms with Crippen LogP contribution < -0.4 is 9.47 Å². The van der Waals surface area contributed by atoms with E-state index in [1.165, 1.54) is 26.4 Å². The van der Waals surface area contributed by atoms with E-state index >= 15 is 0 Å². The fourth-order valence-corrected chi connectivity index (χ4v) is 4.53. The third kappa shape index (κ3) is 2.48. The number of methoxy groups -OCH3 is 2. The van der Waals surface area contributed by atoms with Crippen LogP contribution in [0.25, 0.3) is 6.08 Å². The lowest BCUT2D eigenvalue weighted by atomic mass is 9.74. The lowest BCUT2D eigenvalue weighted by Crippen LogP contribution is -2.51. The molecule has 30 heavy (non-hydrogen) atoms. The largest absolute Gasteiger partial charge is 0.493 e. The predicted octanol–water partition coefficient (Wildman–Crippen LogP) is 2.84. The van der Waals surface area contributed by atoms with Gasteiger partial charge in [-0.3, -0.25) is 9.59 Å². The number of hydrogen-bond acceptors (Lipinski definition) is 7. The van der Waals surface area contributed by atoms with Crippen molar-refractivity contribution < 1.29 is 33.3 Å². The molecule has 0 amide bonds. The summed E-state index contributed by atoms with van der Waals surface area (Å²) in [5.41, 5.74) is -0.778. The van der Waals surface area contributed by atoms with Crippen LogP contribution in [0.4, 0.5) is 0 Å². The molecular formula is C23H22O7. The fraction of sp³-hybridized carbons (Fsp3) is 0.391. The van der Waals surface area contributed by atoms with Gasteiger partial charge in [0.05, 0.1) is 32.0 Å². The monoisotopic (exact) mass is 410 g/mol. The summed E-state index contributed by atoms with van der Waals surface area (Å²) >= 11 is 0. The van der Waals surface area contributed by atoms with Gasteiger partial charge >= 0.3 is 0 Å². The Balaban J connectivity index is 1.59. The molecule has 1 aliphatic carbocycles. The van der Waals surface area contributed by atoms with Crippen LogP contribution >= 0.6 is 0 Å². The highest BCUT2D eigenvalue weighted by Gasteiger charge is 2.61. The van der Waals surface area contributed by atoms with Crippen molar-refractivity contribution in [2.45, 2.75) is 31.2 Å². The molecule has 156 valence electrons. The van der Waals surface area contributed by atoms with E-state index in [0.29, 0.717) is 28.6 Å². The molecule has 0 bridgehead atoms. The maximum Gasteiger partial charge on any atom is 0.196 e. The second-order valence-corrected chi connectivity index (χ2v) is 8.28. The summed E-state index contributed by atoms with van der Waals surface area (Å²) in [4.78, 5) is 26.6. The minimum atomic E-state index is -1.48. The smallest absolute Gasteiger partial charge is 0.196 e. The maximum atomic E-state index is 13.6. The number of carbonyl (C=O) groups excluding carboxylic acids is 2. The highest BCUT2D eigenvalue weighted by molar-refractivity contribution is 6.11. The lowest BCUT2D eigenvalue weighted by Gasteiger charge is -2.37. The molecule has 1 aromatic carbocycles. The van der Waals surface area contributed by atoms with Gasteiger partial charge in [0.2, 0.25) is 0 Å². The molecule has 0 N–H and O–H groups in total. The molecule has 0 saturated carbocycles. The van der Waals surface area contributed by atoms with Crippen molar-refractivity contribution in [2.75, 3.05) is 20.8 Å². The molecule has 0 aromatic heterocycles. The molecule has 7 heteroatoms. The molecule has 3 heterocycles. The zero-order valence-corrected chi connectivity index (χ0v) is 17.2. The molecule has 3 aliphatic heterocycles. The zero-order valence-electron chi connectivity index (χ0n) is 17.2. The molecule has 5 rings (SSSR count). The van der Waals surface area contributed by atoms with Crippen LogP contribution in [0.2, 0.25) is 0 Å². The Kier molecular flexibility index (Phi) is 3.92. The topological polar surface area (TPSA) is 80.3 Å². The van der Waals surface area contributed by atoms with Crippen LogP contribution in [0.15, 0.2) is 41.9 Å². The molecule has 1 saturated heterocycles. The van der Waals surface area contributed by atoms with Gasteiger partial charge in [-0.05, 0) is 38.1 Å². The van der Waals surface area contributed by atoms with Crippen LogP contribution in [0.5, 0.6) is 11.5 Å². The van der Waals surface area contributed by atoms with Gasteiger partial charge in [-0.15, -0.1) is 0 Å². The Morgan fingerprint density at radius 1 is 1.10 bits per heavy atom. The van der Waals surface area contributed by atoms with E-state index < -0.39 is 23.2 Å². The quantitative estimate of drug-likeness (QED) is 0.742. The Morgan fingerprint density at radius 3 is 2.60 bits per heavy atom. The molecule has 7 nitrogen and oxygen atoms in total. The van der Waals surface area contributed by atoms with E-state index in [9.17, 15) is 9.59 Å². The minimum absolute atomic E-state index is 0.102. The average Bonchev–Trinajstić information content (AvgIpc) is 3.08. The number of fused-ring (bicyclic) bond motifs is 5. The van der Waals surface area contributed by atoms with Crippen molar-refractivity contribution in [2.24, 2.45) is 5.92 Å². The summed E-state index contributed by atoms with van der Waals surface area (Å²) in [6.45, 7) is 4.02. The molecule has 1 spiro atoms. The van der Waals surface area contributed by atoms with Crippen LogP contribution in [0.3, 0.4) is 0 Å². The fourth-order valence-electron chi connectivity index (χ4n) is 4.53. The van der Waals surface area contributed by atoms with Gasteiger partial charge in [0.1, 0.15) is 29.1 Å². The van der Waals surface area contributed by atoms with E-state index in [-0.39, 0.29) is 18.2 Å². The van der Waals surface area contributed by atoms with E-state index in [1.54, 1.807) is 12.1 Å². The molecule has 1 aromatic rings. The van der Waals surface area contributed by atoms with Crippen LogP contribution in [-0.2, 0) is 19.0 Å². The first-order chi connectivity index (χ1) is 14.3. The van der Waals surface area contributed by atoms with Gasteiger partial charge in [-0.2, -0.15) is 0 Å². The first-order valence-corrected chi connectivity index (χ1v) is 9.77. The van der Waals surface area contributed by atoms with Crippen molar-refractivity contribution in [1.82, 2.24) is 0 Å². The summed E-state index contributed by atoms with van der Waals surface area (Å²) in [6.07, 6.45) is 6.09. The number of ketones is 2. The van der Waals surface area contributed by atoms with Crippen molar-refractivity contribution >= 4 is 17.6 Å². The number of carbonyl (C=O) groups is 2. The maximum absolute atomic E-state index is 13.6. The van der Waals surface area contributed by atoms with E-state index in [2.05, 4.69) is 0 Å². The minimum Gasteiger partial charge on any atom is -0.493 e. The van der Waals surface area contributed by atoms with Crippen molar-refractivity contribution in [3.8, 4) is 11.5 Å². The molecule has 1 unspecified atom stereocenters. The first-order valence-electron chi connectivity index (χ1n) is 9.77. The van der Waals surface area contributed by atoms with E-state index in [1.807, 2.05) is 26.0 Å². The third-order valence-corrected chi connectivity index (χ3v) is 5.99. The van der Waals surface area contributed by atoms with Gasteiger partial charge in [0, 0.05) is 12.2 Å². The first kappa shape index (κ1) is 18.9. The zero-order chi connectivity index (χ0) is 21.3. The van der Waals surface area contributed by atoms with Crippen molar-refractivity contribution in [3.63, 3.8) is 0 Å². The van der Waals surface area contributed by atoms with Crippen LogP contribution in [0.1, 0.15) is 29.8 Å². The Labute approximate surface area is 173 Å². The van der Waals surface area contributed by atoms with Gasteiger partial charge < -0.3 is 23.7 Å². The van der Waals surface area contributed by atoms with Crippen LogP contribution in [-0.4, -0.2) is 49.7 Å². The van der Waals surface area contributed by atoms with Gasteiger partial charge in [-0.25, -0.2) is 0 Å². The highest BCUT2D eigenvalue weighted by atomic mass is 16.6. The van der Waals surface area contributed by atoms with Gasteiger partial charge in [-0.1, -0.05) is 0 Å². The summed E-state index contributed by atoms with van der Waals surface area (Å²) in [6, 6.07) is 3.46. The SMILES string of the molecule is COC1=CC(=O)C2(C=C1OC)OC[C@H]1Oc3c(ccc4c3C=CC(C)(C)O4)C(=O)[C@H]12. The molecule has 0 radical (unpaired) electrons. The Bertz CT molecular complexity index is 1060. The van der Waals surface area contributed by atoms with Crippen molar-refractivity contribution in [3.05, 3.63) is 53.0 Å². The third-order valence-electron chi connectivity index (χ3n) is 5.99. The number of rotatable bonds is 2. The van der Waals surface area contributed by atoms with Gasteiger partial charge in [0.15, 0.2) is 28.7 Å². The molecule has 3 atom stereocenters. The van der Waals surface area contributed by atoms with Crippen LogP contribution in [0, 0.1) is 5.92 Å². The summed E-state index contributed by atoms with van der Waals surface area (Å²) in [5, 5.41) is 0. The number of hydrogen-bond donors (Lipinski definition) is 0. The lowest BCUT2D eigenvalue weighted by molar-refractivity contribution is -0.131. The van der Waals surface area contributed by atoms with E-state index in [4.69, 9.17) is 23.7 Å². The predicted molar refractivity (Wildman–Crippen MR) is 106 cm³/mol. The normalized spacial score (nSPS) is 30.4. The number of ether oxygens (including phenoxy) is 5. The highest BCUT2D eigenvalue weighted by Crippen LogP contribution is 2.49. The van der Waals surface area contributed by atoms with E-state index in [0.717, 1.165) is 5.56 Å². The molecule has 1 fully saturated rings. The van der Waals surface area contributed by atoms with Crippen molar-refractivity contribution in [1.29, 1.82) is 0 Å². The summed E-state index contributed by atoms with van der Waals surface area (Å²) in [5.74, 6) is 0.386. The average molecular weight is 410 g/mol. The second kappa shape index (κ2) is 6.22. The molecule has 4 aliphatic rings. The Morgan fingerprint density at radius 2 is 1.87 bits per heavy atom. The Hall–Kier alpha value is -3.06. The number of benzene rings is 1. The second-order valence-electron chi connectivity index (χ2n) is 8.28. The summed E-state index contributed by atoms with van der Waals surface area (Å²) < 4.78 is 28.8. The molecular weight excluding hydrogens is 388 g/mol. The number of Topliss-reactive ketones (excluding diaryl/α,β-unsaturated/α-hetero) is 1. The standard InChI is InChI=1S/C23H22O7/c1-22(2)8-7-12-14(30-22)6-5-13-20(25)19-17(29-21(12)13)11-28-23(19)10-16(27-4)15(26-3)9-18(23)24/h5-10,17,19H,11H2,1-4H3/t17-,19+,23?/m1/s1. The summed E-state index contributed by atoms with van der Waals surface area (Å²) in [7, 11) is 2.93.